The highest BCUT2D eigenvalue weighted by molar-refractivity contribution is 9.09. The van der Waals surface area contributed by atoms with E-state index < -0.39 is 12.1 Å². The van der Waals surface area contributed by atoms with Crippen LogP contribution in [0.3, 0.4) is 0 Å². The van der Waals surface area contributed by atoms with Crippen molar-refractivity contribution in [3.05, 3.63) is 24.5 Å². The molecule has 0 spiro atoms. The average molecular weight is 469 g/mol. The summed E-state index contributed by atoms with van der Waals surface area (Å²) in [4.78, 5) is 29.1. The van der Waals surface area contributed by atoms with E-state index in [2.05, 4.69) is 37.9 Å². The number of carbonyl (C=O) groups is 2. The molecule has 0 aromatic carbocycles. The van der Waals surface area contributed by atoms with Gasteiger partial charge in [0.05, 0.1) is 5.33 Å². The summed E-state index contributed by atoms with van der Waals surface area (Å²) < 4.78 is 31.7. The van der Waals surface area contributed by atoms with Crippen LogP contribution in [0.1, 0.15) is 12.8 Å². The zero-order valence-electron chi connectivity index (χ0n) is 15.2. The number of anilines is 1. The lowest BCUT2D eigenvalue weighted by molar-refractivity contribution is -0.192. The van der Waals surface area contributed by atoms with Gasteiger partial charge in [-0.25, -0.2) is 4.79 Å². The predicted molar refractivity (Wildman–Crippen MR) is 102 cm³/mol. The molecule has 1 amide bonds. The van der Waals surface area contributed by atoms with Crippen molar-refractivity contribution < 1.29 is 27.9 Å². The molecular weight excluding hydrogens is 445 g/mol. The van der Waals surface area contributed by atoms with Gasteiger partial charge in [0.1, 0.15) is 0 Å². The normalized spacial score (nSPS) is 14.8. The van der Waals surface area contributed by atoms with Gasteiger partial charge in [0.25, 0.3) is 0 Å². The first kappa shape index (κ1) is 24.2. The fraction of sp³-hybridized carbons (Fsp3) is 0.588. The van der Waals surface area contributed by atoms with E-state index in [0.29, 0.717) is 24.3 Å². The number of hydrogen-bond acceptors (Lipinski definition) is 5. The molecule has 1 fully saturated rings. The van der Waals surface area contributed by atoms with E-state index in [1.807, 2.05) is 17.3 Å². The van der Waals surface area contributed by atoms with Gasteiger partial charge in [0.2, 0.25) is 5.91 Å². The Kier molecular flexibility index (Phi) is 10.2. The SMILES string of the molecule is NCCN(CC1CCN(c2ccncc2)CC1)C(=O)CBr.O=C(O)C(F)(F)F. The van der Waals surface area contributed by atoms with Gasteiger partial charge >= 0.3 is 12.1 Å². The number of amides is 1. The minimum absolute atomic E-state index is 0.136. The van der Waals surface area contributed by atoms with E-state index >= 15 is 0 Å². The number of pyridine rings is 1. The van der Waals surface area contributed by atoms with Crippen molar-refractivity contribution in [3.8, 4) is 0 Å². The van der Waals surface area contributed by atoms with Crippen molar-refractivity contribution in [2.45, 2.75) is 19.0 Å². The Morgan fingerprint density at radius 3 is 2.25 bits per heavy atom. The van der Waals surface area contributed by atoms with Gasteiger partial charge in [-0.1, -0.05) is 15.9 Å². The summed E-state index contributed by atoms with van der Waals surface area (Å²) >= 11 is 3.24. The van der Waals surface area contributed by atoms with Crippen molar-refractivity contribution in [2.24, 2.45) is 11.7 Å². The molecule has 11 heteroatoms. The maximum atomic E-state index is 11.9. The minimum Gasteiger partial charge on any atom is -0.475 e. The summed E-state index contributed by atoms with van der Waals surface area (Å²) in [6.45, 7) is 4.07. The third-order valence-electron chi connectivity index (χ3n) is 4.23. The van der Waals surface area contributed by atoms with Crippen LogP contribution in [0.5, 0.6) is 0 Å². The third-order valence-corrected chi connectivity index (χ3v) is 4.71. The maximum Gasteiger partial charge on any atom is 0.490 e. The van der Waals surface area contributed by atoms with Crippen molar-refractivity contribution in [2.75, 3.05) is 43.0 Å². The first-order chi connectivity index (χ1) is 13.2. The molecule has 2 rings (SSSR count). The highest BCUT2D eigenvalue weighted by Crippen LogP contribution is 2.23. The van der Waals surface area contributed by atoms with Gasteiger partial charge in [-0.2, -0.15) is 13.2 Å². The van der Waals surface area contributed by atoms with E-state index in [-0.39, 0.29) is 5.91 Å². The number of carboxylic acid groups (broad SMARTS) is 1. The maximum absolute atomic E-state index is 11.9. The molecule has 1 aliphatic rings. The number of nitrogens with zero attached hydrogens (tertiary/aromatic N) is 3. The van der Waals surface area contributed by atoms with Crippen LogP contribution in [-0.2, 0) is 9.59 Å². The molecule has 3 N–H and O–H groups in total. The molecule has 1 aliphatic heterocycles. The Hall–Kier alpha value is -1.88. The number of aliphatic carboxylic acids is 1. The average Bonchev–Trinajstić information content (AvgIpc) is 2.68. The smallest absolute Gasteiger partial charge is 0.475 e. The van der Waals surface area contributed by atoms with Gasteiger partial charge in [-0.3, -0.25) is 9.78 Å². The molecule has 1 aromatic rings. The Morgan fingerprint density at radius 2 is 1.82 bits per heavy atom. The summed E-state index contributed by atoms with van der Waals surface area (Å²) in [5.74, 6) is -2.05. The van der Waals surface area contributed by atoms with Crippen LogP contribution in [0.4, 0.5) is 18.9 Å². The summed E-state index contributed by atoms with van der Waals surface area (Å²) in [6.07, 6.45) is 0.802. The molecule has 7 nitrogen and oxygen atoms in total. The summed E-state index contributed by atoms with van der Waals surface area (Å²) in [5, 5.41) is 7.50. The first-order valence-corrected chi connectivity index (χ1v) is 9.80. The molecule has 0 bridgehead atoms. The number of carboxylic acids is 1. The van der Waals surface area contributed by atoms with Gasteiger partial charge in [-0.05, 0) is 30.9 Å². The number of alkyl halides is 4. The van der Waals surface area contributed by atoms with E-state index in [1.54, 1.807) is 0 Å². The molecule has 0 saturated carbocycles. The standard InChI is InChI=1S/C15H23BrN4O.C2HF3O2/c16-11-15(21)20(10-5-17)12-13-3-8-19(9-4-13)14-1-6-18-7-2-14;3-2(4,5)1(6)7/h1-2,6-7,13H,3-5,8-12,17H2;(H,6,7). The summed E-state index contributed by atoms with van der Waals surface area (Å²) in [6, 6.07) is 4.10. The van der Waals surface area contributed by atoms with Crippen molar-refractivity contribution in [3.63, 3.8) is 0 Å². The second-order valence-electron chi connectivity index (χ2n) is 6.20. The van der Waals surface area contributed by atoms with Crippen molar-refractivity contribution >= 4 is 33.5 Å². The number of halogens is 4. The van der Waals surface area contributed by atoms with Crippen LogP contribution in [0.15, 0.2) is 24.5 Å². The summed E-state index contributed by atoms with van der Waals surface area (Å²) in [5.41, 5.74) is 6.84. The zero-order valence-corrected chi connectivity index (χ0v) is 16.8. The monoisotopic (exact) mass is 468 g/mol. The Balaban J connectivity index is 0.000000480. The first-order valence-electron chi connectivity index (χ1n) is 8.68. The van der Waals surface area contributed by atoms with E-state index in [0.717, 1.165) is 32.5 Å². The van der Waals surface area contributed by atoms with Gasteiger partial charge in [-0.15, -0.1) is 0 Å². The molecular formula is C17H24BrF3N4O3. The second-order valence-corrected chi connectivity index (χ2v) is 6.76. The number of aromatic nitrogens is 1. The number of hydrogen-bond donors (Lipinski definition) is 2. The fourth-order valence-corrected chi connectivity index (χ4v) is 3.15. The van der Waals surface area contributed by atoms with E-state index in [1.165, 1.54) is 5.69 Å². The Morgan fingerprint density at radius 1 is 1.29 bits per heavy atom. The third kappa shape index (κ3) is 8.42. The van der Waals surface area contributed by atoms with Crippen LogP contribution in [0.2, 0.25) is 0 Å². The van der Waals surface area contributed by atoms with Crippen molar-refractivity contribution in [1.82, 2.24) is 9.88 Å². The Bertz CT molecular complexity index is 611. The molecule has 2 heterocycles. The molecule has 1 aromatic heterocycles. The van der Waals surface area contributed by atoms with Crippen LogP contribution in [0, 0.1) is 5.92 Å². The lowest BCUT2D eigenvalue weighted by Gasteiger charge is -2.36. The van der Waals surface area contributed by atoms with Gasteiger partial charge < -0.3 is 20.6 Å². The molecule has 1 saturated heterocycles. The summed E-state index contributed by atoms with van der Waals surface area (Å²) in [7, 11) is 0. The molecule has 28 heavy (non-hydrogen) atoms. The van der Waals surface area contributed by atoms with Crippen molar-refractivity contribution in [1.29, 1.82) is 0 Å². The lowest BCUT2D eigenvalue weighted by atomic mass is 9.95. The highest BCUT2D eigenvalue weighted by atomic mass is 79.9. The zero-order chi connectivity index (χ0) is 21.2. The fourth-order valence-electron chi connectivity index (χ4n) is 2.80. The number of carbonyl (C=O) groups excluding carboxylic acids is 1. The van der Waals surface area contributed by atoms with Crippen LogP contribution >= 0.6 is 15.9 Å². The highest BCUT2D eigenvalue weighted by Gasteiger charge is 2.38. The van der Waals surface area contributed by atoms with Crippen LogP contribution in [0.25, 0.3) is 0 Å². The molecule has 158 valence electrons. The number of rotatable bonds is 6. The molecule has 0 radical (unpaired) electrons. The van der Waals surface area contributed by atoms with Crippen LogP contribution in [-0.4, -0.2) is 71.1 Å². The number of nitrogens with two attached hydrogens (primary N) is 1. The lowest BCUT2D eigenvalue weighted by Crippen LogP contribution is -2.43. The predicted octanol–water partition coefficient (Wildman–Crippen LogP) is 2.11. The topological polar surface area (TPSA) is 99.8 Å². The minimum atomic E-state index is -5.08. The second kappa shape index (κ2) is 11.8. The largest absolute Gasteiger partial charge is 0.490 e. The van der Waals surface area contributed by atoms with E-state index in [4.69, 9.17) is 15.6 Å². The molecule has 0 unspecified atom stereocenters. The van der Waals surface area contributed by atoms with Gasteiger partial charge in [0, 0.05) is 50.8 Å². The Labute approximate surface area is 169 Å². The molecule has 0 aliphatic carbocycles. The van der Waals surface area contributed by atoms with E-state index in [9.17, 15) is 18.0 Å². The van der Waals surface area contributed by atoms with Gasteiger partial charge in [0.15, 0.2) is 0 Å². The number of piperidine rings is 1. The van der Waals surface area contributed by atoms with Crippen LogP contribution < -0.4 is 10.6 Å². The quantitative estimate of drug-likeness (QED) is 0.620. The molecule has 0 atom stereocenters.